The van der Waals surface area contributed by atoms with Crippen molar-refractivity contribution in [1.82, 2.24) is 9.88 Å². The lowest BCUT2D eigenvalue weighted by Crippen LogP contribution is -2.38. The third kappa shape index (κ3) is 3.55. The van der Waals surface area contributed by atoms with Crippen LogP contribution >= 0.6 is 0 Å². The number of fused-ring (bicyclic) bond motifs is 2. The molecular weight excluding hydrogens is 360 g/mol. The Morgan fingerprint density at radius 1 is 0.897 bits per heavy atom. The molecule has 2 amide bonds. The largest absolute Gasteiger partial charge is 0.359 e. The van der Waals surface area contributed by atoms with Gasteiger partial charge in [-0.2, -0.15) is 0 Å². The van der Waals surface area contributed by atoms with Crippen molar-refractivity contribution in [3.8, 4) is 0 Å². The Morgan fingerprint density at radius 2 is 1.72 bits per heavy atom. The summed E-state index contributed by atoms with van der Waals surface area (Å²) in [6.45, 7) is 1.32. The number of urea groups is 1. The zero-order chi connectivity index (χ0) is 19.6. The van der Waals surface area contributed by atoms with E-state index in [2.05, 4.69) is 45.9 Å². The van der Waals surface area contributed by atoms with Gasteiger partial charge in [0.1, 0.15) is 0 Å². The van der Waals surface area contributed by atoms with Crippen molar-refractivity contribution in [3.63, 3.8) is 0 Å². The molecule has 0 radical (unpaired) electrons. The zero-order valence-corrected chi connectivity index (χ0v) is 16.0. The van der Waals surface area contributed by atoms with E-state index in [9.17, 15) is 4.79 Å². The number of amides is 2. The Bertz CT molecular complexity index is 1170. The monoisotopic (exact) mass is 382 g/mol. The number of H-pyrrole nitrogens is 1. The fourth-order valence-electron chi connectivity index (χ4n) is 3.86. The van der Waals surface area contributed by atoms with Crippen LogP contribution in [0.25, 0.3) is 10.9 Å². The van der Waals surface area contributed by atoms with Gasteiger partial charge < -0.3 is 20.5 Å². The lowest BCUT2D eigenvalue weighted by Gasteiger charge is -2.29. The number of benzene rings is 3. The highest BCUT2D eigenvalue weighted by atomic mass is 16.2. The summed E-state index contributed by atoms with van der Waals surface area (Å²) in [6.07, 6.45) is 2.70. The van der Waals surface area contributed by atoms with Crippen LogP contribution in [0.1, 0.15) is 11.1 Å². The third-order valence-corrected chi connectivity index (χ3v) is 5.40. The molecular formula is C24H22N4O. The topological polar surface area (TPSA) is 60.2 Å². The van der Waals surface area contributed by atoms with E-state index >= 15 is 0 Å². The number of nitrogens with zero attached hydrogens (tertiary/aromatic N) is 1. The molecule has 0 unspecified atom stereocenters. The molecule has 5 rings (SSSR count). The molecule has 3 N–H and O–H groups in total. The Hall–Kier alpha value is -3.73. The van der Waals surface area contributed by atoms with E-state index in [4.69, 9.17) is 0 Å². The number of hydrogen-bond donors (Lipinski definition) is 3. The van der Waals surface area contributed by atoms with Gasteiger partial charge in [0, 0.05) is 41.6 Å². The Morgan fingerprint density at radius 3 is 2.62 bits per heavy atom. The molecule has 144 valence electrons. The Labute approximate surface area is 169 Å². The lowest BCUT2D eigenvalue weighted by molar-refractivity contribution is 0.206. The number of carbonyl (C=O) groups excluding carboxylic acids is 1. The first-order chi connectivity index (χ1) is 14.3. The first-order valence-corrected chi connectivity index (χ1v) is 9.82. The molecule has 0 saturated carbocycles. The van der Waals surface area contributed by atoms with E-state index in [-0.39, 0.29) is 6.03 Å². The van der Waals surface area contributed by atoms with Crippen LogP contribution in [0.3, 0.4) is 0 Å². The minimum atomic E-state index is -0.0631. The van der Waals surface area contributed by atoms with E-state index in [0.29, 0.717) is 13.1 Å². The van der Waals surface area contributed by atoms with Crippen LogP contribution in [0.2, 0.25) is 0 Å². The van der Waals surface area contributed by atoms with Crippen LogP contribution in [-0.4, -0.2) is 22.5 Å². The van der Waals surface area contributed by atoms with Gasteiger partial charge in [0.05, 0.1) is 5.69 Å². The summed E-state index contributed by atoms with van der Waals surface area (Å²) in [5, 5.41) is 7.51. The number of carbonyl (C=O) groups is 1. The van der Waals surface area contributed by atoms with Gasteiger partial charge >= 0.3 is 6.03 Å². The lowest BCUT2D eigenvalue weighted by atomic mass is 9.99. The summed E-state index contributed by atoms with van der Waals surface area (Å²) in [6, 6.07) is 24.4. The van der Waals surface area contributed by atoms with Crippen molar-refractivity contribution >= 4 is 34.0 Å². The molecule has 1 aliphatic rings. The van der Waals surface area contributed by atoms with Crippen LogP contribution in [0.5, 0.6) is 0 Å². The van der Waals surface area contributed by atoms with Crippen molar-refractivity contribution in [2.75, 3.05) is 17.2 Å². The van der Waals surface area contributed by atoms with E-state index < -0.39 is 0 Å². The molecule has 0 spiro atoms. The van der Waals surface area contributed by atoms with Gasteiger partial charge in [-0.15, -0.1) is 0 Å². The predicted octanol–water partition coefficient (Wildman–Crippen LogP) is 5.50. The fourth-order valence-corrected chi connectivity index (χ4v) is 3.86. The highest BCUT2D eigenvalue weighted by Gasteiger charge is 2.21. The first kappa shape index (κ1) is 17.4. The minimum Gasteiger partial charge on any atom is -0.359 e. The molecule has 5 nitrogen and oxygen atoms in total. The maximum Gasteiger partial charge on any atom is 0.322 e. The molecule has 0 saturated heterocycles. The van der Waals surface area contributed by atoms with Crippen LogP contribution in [0.15, 0.2) is 79.0 Å². The smallest absolute Gasteiger partial charge is 0.322 e. The van der Waals surface area contributed by atoms with Gasteiger partial charge in [0.25, 0.3) is 0 Å². The summed E-state index contributed by atoms with van der Waals surface area (Å²) in [5.41, 5.74) is 6.48. The fraction of sp³-hybridized carbons (Fsp3) is 0.125. The zero-order valence-electron chi connectivity index (χ0n) is 16.0. The third-order valence-electron chi connectivity index (χ3n) is 5.40. The standard InChI is InChI=1S/C24H22N4O/c29-24(27-23-15-25-22-9-5-4-8-21(22)23)28-13-12-17-14-20(11-10-18(17)16-28)26-19-6-2-1-3-7-19/h1-11,14-15,25-26H,12-13,16H2,(H,27,29). The molecule has 5 heteroatoms. The Kier molecular flexibility index (Phi) is 4.41. The van der Waals surface area contributed by atoms with Crippen molar-refractivity contribution < 1.29 is 4.79 Å². The van der Waals surface area contributed by atoms with Gasteiger partial charge in [-0.25, -0.2) is 4.79 Å². The summed E-state index contributed by atoms with van der Waals surface area (Å²) < 4.78 is 0. The van der Waals surface area contributed by atoms with Gasteiger partial charge in [0.2, 0.25) is 0 Å². The van der Waals surface area contributed by atoms with E-state index in [1.165, 1.54) is 11.1 Å². The van der Waals surface area contributed by atoms with Crippen LogP contribution < -0.4 is 10.6 Å². The van der Waals surface area contributed by atoms with Crippen molar-refractivity contribution in [2.24, 2.45) is 0 Å². The van der Waals surface area contributed by atoms with Gasteiger partial charge in [-0.1, -0.05) is 42.5 Å². The average molecular weight is 382 g/mol. The second kappa shape index (κ2) is 7.36. The number of aromatic nitrogens is 1. The molecule has 29 heavy (non-hydrogen) atoms. The number of anilines is 3. The summed E-state index contributed by atoms with van der Waals surface area (Å²) in [7, 11) is 0. The van der Waals surface area contributed by atoms with Crippen LogP contribution in [-0.2, 0) is 13.0 Å². The molecule has 3 aromatic carbocycles. The number of aromatic amines is 1. The van der Waals surface area contributed by atoms with E-state index in [0.717, 1.165) is 34.4 Å². The summed E-state index contributed by atoms with van der Waals surface area (Å²) >= 11 is 0. The molecule has 1 aliphatic heterocycles. The quantitative estimate of drug-likeness (QED) is 0.438. The SMILES string of the molecule is O=C(Nc1c[nH]c2ccccc12)N1CCc2cc(Nc3ccccc3)ccc2C1. The minimum absolute atomic E-state index is 0.0631. The molecule has 0 atom stereocenters. The normalized spacial score (nSPS) is 13.2. The predicted molar refractivity (Wildman–Crippen MR) is 118 cm³/mol. The highest BCUT2D eigenvalue weighted by Crippen LogP contribution is 2.27. The van der Waals surface area contributed by atoms with E-state index in [1.807, 2.05) is 53.6 Å². The van der Waals surface area contributed by atoms with Gasteiger partial charge in [-0.3, -0.25) is 0 Å². The second-order valence-electron chi connectivity index (χ2n) is 7.32. The van der Waals surface area contributed by atoms with Crippen molar-refractivity contribution in [1.29, 1.82) is 0 Å². The number of para-hydroxylation sites is 2. The summed E-state index contributed by atoms with van der Waals surface area (Å²) in [5.74, 6) is 0. The molecule has 0 aliphatic carbocycles. The maximum atomic E-state index is 12.8. The molecule has 0 bridgehead atoms. The van der Waals surface area contributed by atoms with Gasteiger partial charge in [-0.05, 0) is 47.9 Å². The first-order valence-electron chi connectivity index (χ1n) is 9.82. The highest BCUT2D eigenvalue weighted by molar-refractivity contribution is 6.01. The van der Waals surface area contributed by atoms with Crippen LogP contribution in [0.4, 0.5) is 21.9 Å². The van der Waals surface area contributed by atoms with Crippen molar-refractivity contribution in [3.05, 3.63) is 90.1 Å². The van der Waals surface area contributed by atoms with Gasteiger partial charge in [0.15, 0.2) is 0 Å². The molecule has 4 aromatic rings. The molecule has 1 aromatic heterocycles. The number of rotatable bonds is 3. The number of nitrogens with one attached hydrogen (secondary N) is 3. The van der Waals surface area contributed by atoms with Crippen molar-refractivity contribution in [2.45, 2.75) is 13.0 Å². The average Bonchev–Trinajstić information content (AvgIpc) is 3.17. The van der Waals surface area contributed by atoms with Crippen LogP contribution in [0, 0.1) is 0 Å². The Balaban J connectivity index is 1.28. The number of hydrogen-bond acceptors (Lipinski definition) is 2. The molecule has 0 fully saturated rings. The molecule has 2 heterocycles. The second-order valence-corrected chi connectivity index (χ2v) is 7.32. The van der Waals surface area contributed by atoms with E-state index in [1.54, 1.807) is 0 Å². The summed E-state index contributed by atoms with van der Waals surface area (Å²) in [4.78, 5) is 17.9. The maximum absolute atomic E-state index is 12.8.